The molecule has 1 saturated carbocycles. The highest BCUT2D eigenvalue weighted by molar-refractivity contribution is 9.11. The van der Waals surface area contributed by atoms with Gasteiger partial charge in [-0.2, -0.15) is 0 Å². The standard InChI is InChI=1S/C20H25BrN2O4S/c1-3-8-22-19(28)27-16-17(21)20-7-5-4-6-14(20)26-13-10-11(24)9-12(15(13)20)23-18(16)25-2/h3,11-12,14,24H,1,4-10H2,2H3,(H,22,28)/t11-,12-,14-,20?/m0/s1. The number of nitrogens with zero attached hydrogens (tertiary/aromatic N) is 1. The highest BCUT2D eigenvalue weighted by Crippen LogP contribution is 2.62. The van der Waals surface area contributed by atoms with Gasteiger partial charge in [-0.15, -0.1) is 6.58 Å². The largest absolute Gasteiger partial charge is 0.493 e. The summed E-state index contributed by atoms with van der Waals surface area (Å²) in [5.74, 6) is 1.76. The fraction of sp³-hybridized carbons (Fsp3) is 0.600. The molecule has 4 aliphatic rings. The molecular weight excluding hydrogens is 444 g/mol. The van der Waals surface area contributed by atoms with Gasteiger partial charge in [0.1, 0.15) is 11.9 Å². The fourth-order valence-corrected chi connectivity index (χ4v) is 5.99. The van der Waals surface area contributed by atoms with Crippen molar-refractivity contribution >= 4 is 39.2 Å². The molecule has 0 radical (unpaired) electrons. The van der Waals surface area contributed by atoms with Gasteiger partial charge in [0.15, 0.2) is 0 Å². The van der Waals surface area contributed by atoms with E-state index in [1.54, 1.807) is 13.2 Å². The van der Waals surface area contributed by atoms with E-state index in [1.807, 2.05) is 0 Å². The summed E-state index contributed by atoms with van der Waals surface area (Å²) >= 11 is 9.20. The van der Waals surface area contributed by atoms with E-state index in [1.165, 1.54) is 5.57 Å². The van der Waals surface area contributed by atoms with Gasteiger partial charge in [0.2, 0.25) is 5.76 Å². The lowest BCUT2D eigenvalue weighted by atomic mass is 9.64. The number of aliphatic hydroxyl groups is 1. The smallest absolute Gasteiger partial charge is 0.262 e. The van der Waals surface area contributed by atoms with Crippen molar-refractivity contribution in [3.8, 4) is 0 Å². The van der Waals surface area contributed by atoms with Gasteiger partial charge in [0, 0.05) is 25.0 Å². The maximum absolute atomic E-state index is 10.4. The van der Waals surface area contributed by atoms with E-state index in [4.69, 9.17) is 31.4 Å². The van der Waals surface area contributed by atoms with Crippen LogP contribution in [0.25, 0.3) is 0 Å². The molecule has 6 nitrogen and oxygen atoms in total. The molecule has 4 rings (SSSR count). The molecular formula is C20H25BrN2O4S. The third kappa shape index (κ3) is 3.09. The lowest BCUT2D eigenvalue weighted by molar-refractivity contribution is 0.0370. The second kappa shape index (κ2) is 7.80. The number of thiocarbonyl (C=S) groups is 1. The van der Waals surface area contributed by atoms with Crippen molar-refractivity contribution in [1.29, 1.82) is 0 Å². The summed E-state index contributed by atoms with van der Waals surface area (Å²) in [5.41, 5.74) is 0.832. The number of methoxy groups -OCH3 is 1. The molecule has 1 unspecified atom stereocenters. The van der Waals surface area contributed by atoms with Crippen molar-refractivity contribution in [3.63, 3.8) is 0 Å². The summed E-state index contributed by atoms with van der Waals surface area (Å²) in [4.78, 5) is 4.83. The molecule has 4 atom stereocenters. The van der Waals surface area contributed by atoms with Crippen molar-refractivity contribution in [2.24, 2.45) is 10.4 Å². The van der Waals surface area contributed by atoms with E-state index >= 15 is 0 Å². The van der Waals surface area contributed by atoms with Crippen LogP contribution in [0, 0.1) is 5.41 Å². The molecule has 0 aromatic carbocycles. The first kappa shape index (κ1) is 19.9. The molecule has 0 amide bonds. The topological polar surface area (TPSA) is 72.3 Å². The molecule has 2 aliphatic carbocycles. The Balaban J connectivity index is 1.84. The summed E-state index contributed by atoms with van der Waals surface area (Å²) in [6.45, 7) is 4.19. The van der Waals surface area contributed by atoms with Gasteiger partial charge in [-0.3, -0.25) is 0 Å². The van der Waals surface area contributed by atoms with Crippen LogP contribution in [-0.4, -0.2) is 48.1 Å². The van der Waals surface area contributed by atoms with Crippen molar-refractivity contribution in [2.45, 2.75) is 56.8 Å². The number of ether oxygens (including phenoxy) is 3. The van der Waals surface area contributed by atoms with Crippen molar-refractivity contribution in [1.82, 2.24) is 5.32 Å². The molecule has 152 valence electrons. The molecule has 2 heterocycles. The molecule has 1 spiro atoms. The highest BCUT2D eigenvalue weighted by Gasteiger charge is 2.59. The van der Waals surface area contributed by atoms with Crippen LogP contribution in [0.3, 0.4) is 0 Å². The first-order valence-electron chi connectivity index (χ1n) is 9.68. The van der Waals surface area contributed by atoms with Crippen molar-refractivity contribution in [3.05, 3.63) is 34.2 Å². The molecule has 0 aromatic rings. The van der Waals surface area contributed by atoms with Crippen LogP contribution < -0.4 is 5.32 Å². The average Bonchev–Trinajstić information content (AvgIpc) is 2.98. The van der Waals surface area contributed by atoms with Gasteiger partial charge >= 0.3 is 0 Å². The Hall–Kier alpha value is -1.38. The Labute approximate surface area is 178 Å². The molecule has 0 bridgehead atoms. The number of rotatable bonds is 3. The molecule has 28 heavy (non-hydrogen) atoms. The van der Waals surface area contributed by atoms with Crippen LogP contribution in [-0.2, 0) is 14.2 Å². The normalized spacial score (nSPS) is 33.8. The Morgan fingerprint density at radius 3 is 3.11 bits per heavy atom. The zero-order valence-corrected chi connectivity index (χ0v) is 18.3. The van der Waals surface area contributed by atoms with Gasteiger partial charge in [0.25, 0.3) is 11.1 Å². The average molecular weight is 469 g/mol. The lowest BCUT2D eigenvalue weighted by Gasteiger charge is -2.41. The van der Waals surface area contributed by atoms with Crippen LogP contribution >= 0.6 is 28.1 Å². The summed E-state index contributed by atoms with van der Waals surface area (Å²) < 4.78 is 18.9. The van der Waals surface area contributed by atoms with E-state index < -0.39 is 6.10 Å². The molecule has 2 aliphatic heterocycles. The number of hydrogen-bond acceptors (Lipinski definition) is 6. The lowest BCUT2D eigenvalue weighted by Crippen LogP contribution is -2.41. The maximum Gasteiger partial charge on any atom is 0.262 e. The second-order valence-corrected chi connectivity index (χ2v) is 8.77. The predicted molar refractivity (Wildman–Crippen MR) is 114 cm³/mol. The minimum atomic E-state index is -0.473. The minimum absolute atomic E-state index is 0.00753. The third-order valence-electron chi connectivity index (χ3n) is 5.99. The summed E-state index contributed by atoms with van der Waals surface area (Å²) in [7, 11) is 1.57. The van der Waals surface area contributed by atoms with E-state index in [0.29, 0.717) is 31.0 Å². The molecule has 0 aromatic heterocycles. The van der Waals surface area contributed by atoms with E-state index in [-0.39, 0.29) is 22.7 Å². The van der Waals surface area contributed by atoms with Crippen LogP contribution in [0.2, 0.25) is 0 Å². The van der Waals surface area contributed by atoms with Gasteiger partial charge in [0.05, 0.1) is 29.2 Å². The van der Waals surface area contributed by atoms with Crippen molar-refractivity contribution in [2.75, 3.05) is 13.7 Å². The second-order valence-electron chi connectivity index (χ2n) is 7.61. The summed E-state index contributed by atoms with van der Waals surface area (Å²) in [5, 5.41) is 13.6. The van der Waals surface area contributed by atoms with Crippen molar-refractivity contribution < 1.29 is 19.3 Å². The monoisotopic (exact) mass is 468 g/mol. The Kier molecular flexibility index (Phi) is 5.55. The Morgan fingerprint density at radius 2 is 2.36 bits per heavy atom. The minimum Gasteiger partial charge on any atom is -0.493 e. The third-order valence-corrected chi connectivity index (χ3v) is 7.28. The fourth-order valence-electron chi connectivity index (χ4n) is 4.91. The van der Waals surface area contributed by atoms with Crippen LogP contribution in [0.4, 0.5) is 0 Å². The van der Waals surface area contributed by atoms with E-state index in [2.05, 4.69) is 27.8 Å². The van der Waals surface area contributed by atoms with Gasteiger partial charge in [-0.25, -0.2) is 4.99 Å². The molecule has 0 saturated heterocycles. The number of hydrogen-bond donors (Lipinski definition) is 2. The summed E-state index contributed by atoms with van der Waals surface area (Å²) in [6, 6.07) is -0.194. The number of aliphatic hydroxyl groups excluding tert-OH is 1. The van der Waals surface area contributed by atoms with E-state index in [9.17, 15) is 5.11 Å². The molecule has 8 heteroatoms. The Morgan fingerprint density at radius 1 is 1.54 bits per heavy atom. The Bertz CT molecular complexity index is 793. The van der Waals surface area contributed by atoms with Gasteiger partial charge < -0.3 is 24.6 Å². The molecule has 1 fully saturated rings. The highest BCUT2D eigenvalue weighted by atomic mass is 79.9. The predicted octanol–water partition coefficient (Wildman–Crippen LogP) is 3.47. The zero-order chi connectivity index (χ0) is 19.9. The van der Waals surface area contributed by atoms with Crippen LogP contribution in [0.15, 0.2) is 39.2 Å². The van der Waals surface area contributed by atoms with Gasteiger partial charge in [-0.1, -0.05) is 28.4 Å². The number of nitrogens with one attached hydrogen (secondary N) is 1. The van der Waals surface area contributed by atoms with E-state index in [0.717, 1.165) is 35.9 Å². The first-order valence-corrected chi connectivity index (χ1v) is 10.9. The number of aliphatic imine (C=N–C) groups is 1. The first-order chi connectivity index (χ1) is 13.5. The maximum atomic E-state index is 10.4. The zero-order valence-electron chi connectivity index (χ0n) is 15.9. The summed E-state index contributed by atoms with van der Waals surface area (Å²) in [6.07, 6.45) is 6.45. The van der Waals surface area contributed by atoms with Gasteiger partial charge in [-0.05, 0) is 31.5 Å². The van der Waals surface area contributed by atoms with Crippen LogP contribution in [0.5, 0.6) is 0 Å². The quantitative estimate of drug-likeness (QED) is 0.487. The SMILES string of the molecule is C=CCNC(=S)OC1=C(Br)C23CCCC[C@@H]2OC2=C3[C@H](C[C@H](O)C2)N=C1OC. The number of halogens is 1. The molecule has 2 N–H and O–H groups in total. The van der Waals surface area contributed by atoms with Crippen LogP contribution in [0.1, 0.15) is 38.5 Å².